The second-order valence-electron chi connectivity index (χ2n) is 3.87. The maximum absolute atomic E-state index is 11.5. The molecule has 0 aromatic rings. The Labute approximate surface area is 119 Å². The zero-order valence-corrected chi connectivity index (χ0v) is 11.0. The first-order valence-corrected chi connectivity index (χ1v) is 5.86. The molecule has 0 heterocycles. The van der Waals surface area contributed by atoms with E-state index < -0.39 is 55.5 Å². The van der Waals surface area contributed by atoms with Crippen LogP contribution in [-0.2, 0) is 19.2 Å². The molecule has 0 aliphatic rings. The number of aliphatic carboxylic acids is 1. The molecule has 2 atom stereocenters. The van der Waals surface area contributed by atoms with Crippen molar-refractivity contribution < 1.29 is 34.5 Å². The average Bonchev–Trinajstić information content (AvgIpc) is 2.46. The molecule has 0 aromatic heterocycles. The third-order valence-corrected chi connectivity index (χ3v) is 2.26. The fraction of sp³-hybridized carbons (Fsp3) is 0.600. The van der Waals surface area contributed by atoms with Crippen molar-refractivity contribution in [2.75, 3.05) is 26.3 Å². The minimum atomic E-state index is -1.49. The van der Waals surface area contributed by atoms with Gasteiger partial charge in [0.2, 0.25) is 17.7 Å². The van der Waals surface area contributed by atoms with E-state index in [1.54, 1.807) is 0 Å². The predicted molar refractivity (Wildman–Crippen MR) is 67.7 cm³/mol. The van der Waals surface area contributed by atoms with Gasteiger partial charge in [0.1, 0.15) is 12.1 Å². The van der Waals surface area contributed by atoms with Crippen molar-refractivity contribution in [1.29, 1.82) is 0 Å². The SMILES string of the molecule is NCC(=O)NC(CO)C(=O)NCC(=O)NC(CO)C(=O)O. The van der Waals surface area contributed by atoms with Crippen LogP contribution in [0.1, 0.15) is 0 Å². The molecule has 0 rings (SSSR count). The number of hydrogen-bond acceptors (Lipinski definition) is 7. The van der Waals surface area contributed by atoms with Crippen LogP contribution in [0.15, 0.2) is 0 Å². The first kappa shape index (κ1) is 18.8. The van der Waals surface area contributed by atoms with E-state index in [2.05, 4.69) is 10.6 Å². The molecule has 2 unspecified atom stereocenters. The molecule has 0 saturated carbocycles. The summed E-state index contributed by atoms with van der Waals surface area (Å²) in [6, 6.07) is -2.76. The van der Waals surface area contributed by atoms with Gasteiger partial charge in [-0.15, -0.1) is 0 Å². The second-order valence-corrected chi connectivity index (χ2v) is 3.87. The fourth-order valence-corrected chi connectivity index (χ4v) is 1.17. The van der Waals surface area contributed by atoms with Crippen molar-refractivity contribution >= 4 is 23.7 Å². The molecule has 11 heteroatoms. The normalized spacial score (nSPS) is 12.9. The Morgan fingerprint density at radius 2 is 1.48 bits per heavy atom. The monoisotopic (exact) mass is 306 g/mol. The molecule has 0 aliphatic carbocycles. The number of carbonyl (C=O) groups excluding carboxylic acids is 3. The van der Waals surface area contributed by atoms with Crippen LogP contribution in [-0.4, -0.2) is 77.4 Å². The molecule has 0 fully saturated rings. The summed E-state index contributed by atoms with van der Waals surface area (Å²) in [7, 11) is 0. The number of aliphatic hydroxyl groups excluding tert-OH is 2. The highest BCUT2D eigenvalue weighted by atomic mass is 16.4. The third-order valence-electron chi connectivity index (χ3n) is 2.26. The molecular weight excluding hydrogens is 288 g/mol. The number of carbonyl (C=O) groups is 4. The molecule has 0 aliphatic heterocycles. The van der Waals surface area contributed by atoms with E-state index in [1.165, 1.54) is 0 Å². The molecule has 0 spiro atoms. The summed E-state index contributed by atoms with van der Waals surface area (Å²) in [5.41, 5.74) is 5.03. The van der Waals surface area contributed by atoms with Crippen LogP contribution in [0.3, 0.4) is 0 Å². The highest BCUT2D eigenvalue weighted by Crippen LogP contribution is 1.85. The van der Waals surface area contributed by atoms with Crippen molar-refractivity contribution in [3.63, 3.8) is 0 Å². The lowest BCUT2D eigenvalue weighted by Crippen LogP contribution is -2.53. The summed E-state index contributed by atoms with van der Waals surface area (Å²) in [5, 5.41) is 32.4. The van der Waals surface area contributed by atoms with Crippen LogP contribution in [0, 0.1) is 0 Å². The minimum Gasteiger partial charge on any atom is -0.480 e. The van der Waals surface area contributed by atoms with E-state index in [-0.39, 0.29) is 6.54 Å². The third kappa shape index (κ3) is 7.20. The van der Waals surface area contributed by atoms with Gasteiger partial charge in [-0.1, -0.05) is 0 Å². The fourth-order valence-electron chi connectivity index (χ4n) is 1.17. The molecule has 11 nitrogen and oxygen atoms in total. The van der Waals surface area contributed by atoms with Crippen LogP contribution in [0.5, 0.6) is 0 Å². The number of nitrogens with two attached hydrogens (primary N) is 1. The van der Waals surface area contributed by atoms with Crippen LogP contribution >= 0.6 is 0 Å². The lowest BCUT2D eigenvalue weighted by atomic mass is 10.2. The van der Waals surface area contributed by atoms with Crippen molar-refractivity contribution in [2.45, 2.75) is 12.1 Å². The summed E-state index contributed by atoms with van der Waals surface area (Å²) >= 11 is 0. The molecule has 8 N–H and O–H groups in total. The van der Waals surface area contributed by atoms with Crippen molar-refractivity contribution in [3.05, 3.63) is 0 Å². The summed E-state index contributed by atoms with van der Waals surface area (Å²) in [6.45, 7) is -2.47. The summed E-state index contributed by atoms with van der Waals surface area (Å²) in [6.07, 6.45) is 0. The van der Waals surface area contributed by atoms with Crippen LogP contribution in [0.2, 0.25) is 0 Å². The Balaban J connectivity index is 4.30. The molecule has 3 amide bonds. The zero-order valence-electron chi connectivity index (χ0n) is 11.0. The predicted octanol–water partition coefficient (Wildman–Crippen LogP) is -4.90. The van der Waals surface area contributed by atoms with Gasteiger partial charge in [0.25, 0.3) is 0 Å². The average molecular weight is 306 g/mol. The van der Waals surface area contributed by atoms with E-state index in [0.29, 0.717) is 0 Å². The second kappa shape index (κ2) is 9.63. The molecule has 0 aromatic carbocycles. The Morgan fingerprint density at radius 3 is 1.90 bits per heavy atom. The Kier molecular flexibility index (Phi) is 8.60. The maximum atomic E-state index is 11.5. The van der Waals surface area contributed by atoms with Gasteiger partial charge in [-0.2, -0.15) is 0 Å². The first-order chi connectivity index (χ1) is 9.85. The van der Waals surface area contributed by atoms with Crippen molar-refractivity contribution in [2.24, 2.45) is 5.73 Å². The van der Waals surface area contributed by atoms with Crippen molar-refractivity contribution in [3.8, 4) is 0 Å². The minimum absolute atomic E-state index is 0.374. The van der Waals surface area contributed by atoms with Gasteiger partial charge in [-0.3, -0.25) is 14.4 Å². The Hall–Kier alpha value is -2.24. The number of amides is 3. The van der Waals surface area contributed by atoms with Crippen LogP contribution in [0.4, 0.5) is 0 Å². The molecule has 21 heavy (non-hydrogen) atoms. The van der Waals surface area contributed by atoms with Crippen LogP contribution < -0.4 is 21.7 Å². The van der Waals surface area contributed by atoms with Crippen LogP contribution in [0.25, 0.3) is 0 Å². The number of hydrogen-bond donors (Lipinski definition) is 7. The van der Waals surface area contributed by atoms with Gasteiger partial charge in [0, 0.05) is 0 Å². The van der Waals surface area contributed by atoms with Gasteiger partial charge >= 0.3 is 5.97 Å². The highest BCUT2D eigenvalue weighted by molar-refractivity contribution is 5.91. The molecule has 0 bridgehead atoms. The molecular formula is C10H18N4O7. The number of carboxylic acids is 1. The van der Waals surface area contributed by atoms with E-state index in [1.807, 2.05) is 5.32 Å². The quantitative estimate of drug-likeness (QED) is 0.220. The van der Waals surface area contributed by atoms with E-state index in [4.69, 9.17) is 21.1 Å². The molecule has 120 valence electrons. The van der Waals surface area contributed by atoms with E-state index in [9.17, 15) is 19.2 Å². The maximum Gasteiger partial charge on any atom is 0.328 e. The smallest absolute Gasteiger partial charge is 0.328 e. The highest BCUT2D eigenvalue weighted by Gasteiger charge is 2.22. The van der Waals surface area contributed by atoms with Gasteiger partial charge < -0.3 is 37.0 Å². The Morgan fingerprint density at radius 1 is 0.952 bits per heavy atom. The largest absolute Gasteiger partial charge is 0.480 e. The number of nitrogens with one attached hydrogen (secondary N) is 3. The van der Waals surface area contributed by atoms with E-state index in [0.717, 1.165) is 0 Å². The summed E-state index contributed by atoms with van der Waals surface area (Å²) in [5.74, 6) is -3.79. The van der Waals surface area contributed by atoms with Gasteiger partial charge in [0.15, 0.2) is 0 Å². The first-order valence-electron chi connectivity index (χ1n) is 5.86. The molecule has 0 saturated heterocycles. The van der Waals surface area contributed by atoms with E-state index >= 15 is 0 Å². The number of rotatable bonds is 9. The lowest BCUT2D eigenvalue weighted by Gasteiger charge is -2.16. The van der Waals surface area contributed by atoms with Gasteiger partial charge in [-0.25, -0.2) is 4.79 Å². The molecule has 0 radical (unpaired) electrons. The number of aliphatic hydroxyl groups is 2. The van der Waals surface area contributed by atoms with Gasteiger partial charge in [0.05, 0.1) is 26.3 Å². The standard InChI is InChI=1S/C10H18N4O7/c11-1-7(17)13-5(3-15)9(19)12-2-8(18)14-6(4-16)10(20)21/h5-6,15-16H,1-4,11H2,(H,12,19)(H,13,17)(H,14,18)(H,20,21). The lowest BCUT2D eigenvalue weighted by molar-refractivity contribution is -0.142. The van der Waals surface area contributed by atoms with Gasteiger partial charge in [-0.05, 0) is 0 Å². The topological polar surface area (TPSA) is 191 Å². The Bertz CT molecular complexity index is 401. The van der Waals surface area contributed by atoms with Crippen molar-refractivity contribution in [1.82, 2.24) is 16.0 Å². The number of carboxylic acid groups (broad SMARTS) is 1. The zero-order chi connectivity index (χ0) is 16.4. The summed E-state index contributed by atoms with van der Waals surface area (Å²) < 4.78 is 0. The summed E-state index contributed by atoms with van der Waals surface area (Å²) in [4.78, 5) is 44.4.